The first-order valence-electron chi connectivity index (χ1n) is 12.9. The van der Waals surface area contributed by atoms with Crippen LogP contribution in [0.2, 0.25) is 20.1 Å². The van der Waals surface area contributed by atoms with E-state index in [1.807, 2.05) is 0 Å². The molecule has 0 spiro atoms. The Labute approximate surface area is 265 Å². The maximum atomic E-state index is 11.2. The Balaban J connectivity index is 1.28. The minimum absolute atomic E-state index is 0.000436. The molecule has 1 heterocycles. The fourth-order valence-electron chi connectivity index (χ4n) is 4.10. The summed E-state index contributed by atoms with van der Waals surface area (Å²) in [6.07, 6.45) is -2.00. The Kier molecular flexibility index (Phi) is 11.0. The van der Waals surface area contributed by atoms with Crippen LogP contribution in [0.5, 0.6) is 11.5 Å². The molecule has 0 saturated heterocycles. The maximum absolute atomic E-state index is 11.2. The average Bonchev–Trinajstić information content (AvgIpc) is 3.38. The third kappa shape index (κ3) is 8.44. The average molecular weight is 673 g/mol. The molecule has 1 aromatic heterocycles. The summed E-state index contributed by atoms with van der Waals surface area (Å²) in [6.45, 7) is -0.0201. The third-order valence-electron chi connectivity index (χ3n) is 6.33. The van der Waals surface area contributed by atoms with Crippen LogP contribution in [0.25, 0.3) is 22.6 Å². The van der Waals surface area contributed by atoms with Gasteiger partial charge in [0.15, 0.2) is 17.1 Å². The van der Waals surface area contributed by atoms with Gasteiger partial charge in [0.1, 0.15) is 5.52 Å². The number of aliphatic hydroxyl groups excluding tert-OH is 2. The highest BCUT2D eigenvalue weighted by Gasteiger charge is 2.20. The molecule has 3 aromatic carbocycles. The predicted molar refractivity (Wildman–Crippen MR) is 161 cm³/mol. The number of aliphatic carboxylic acids is 1. The van der Waals surface area contributed by atoms with Crippen molar-refractivity contribution in [1.82, 2.24) is 4.98 Å². The highest BCUT2D eigenvalue weighted by Crippen LogP contribution is 2.38. The number of hydrogen-bond donors (Lipinski definition) is 4. The molecule has 2 atom stereocenters. The normalized spacial score (nSPS) is 12.7. The molecule has 228 valence electrons. The van der Waals surface area contributed by atoms with Gasteiger partial charge in [-0.3, -0.25) is 4.79 Å². The van der Waals surface area contributed by atoms with E-state index >= 15 is 0 Å². The second kappa shape index (κ2) is 14.5. The predicted octanol–water partition coefficient (Wildman–Crippen LogP) is 6.78. The molecule has 0 fully saturated rings. The van der Waals surface area contributed by atoms with Crippen LogP contribution in [-0.2, 0) is 11.2 Å². The van der Waals surface area contributed by atoms with Gasteiger partial charge >= 0.3 is 11.9 Å². The minimum Gasteiger partial charge on any atom is -0.490 e. The van der Waals surface area contributed by atoms with Gasteiger partial charge in [-0.25, -0.2) is 9.78 Å². The molecule has 43 heavy (non-hydrogen) atoms. The van der Waals surface area contributed by atoms with Crippen molar-refractivity contribution in [3.8, 4) is 23.0 Å². The molecule has 14 heteroatoms. The quantitative estimate of drug-likeness (QED) is 0.112. The molecule has 0 saturated carbocycles. The summed E-state index contributed by atoms with van der Waals surface area (Å²) in [6, 6.07) is 10.5. The summed E-state index contributed by atoms with van der Waals surface area (Å²) in [5.74, 6) is -1.48. The molecule has 4 aromatic rings. The highest BCUT2D eigenvalue weighted by molar-refractivity contribution is 6.38. The molecule has 0 unspecified atom stereocenters. The number of hydrogen-bond acceptors (Lipinski definition) is 8. The van der Waals surface area contributed by atoms with E-state index in [9.17, 15) is 24.9 Å². The number of ether oxygens (including phenoxy) is 2. The van der Waals surface area contributed by atoms with E-state index < -0.39 is 24.1 Å². The summed E-state index contributed by atoms with van der Waals surface area (Å²) in [5.41, 5.74) is 1.91. The number of benzene rings is 3. The fourth-order valence-corrected chi connectivity index (χ4v) is 5.33. The number of rotatable bonds is 14. The lowest BCUT2D eigenvalue weighted by Crippen LogP contribution is -2.29. The Morgan fingerprint density at radius 3 is 1.86 bits per heavy atom. The maximum Gasteiger partial charge on any atom is 0.335 e. The molecule has 0 bridgehead atoms. The largest absolute Gasteiger partial charge is 0.490 e. The Hall–Kier alpha value is -3.25. The summed E-state index contributed by atoms with van der Waals surface area (Å²) in [5, 5.41) is 39.5. The van der Waals surface area contributed by atoms with Gasteiger partial charge in [-0.2, -0.15) is 0 Å². The van der Waals surface area contributed by atoms with E-state index in [0.717, 1.165) is 0 Å². The first-order chi connectivity index (χ1) is 20.4. The topological polar surface area (TPSA) is 160 Å². The number of carboxylic acid groups (broad SMARTS) is 2. The molecule has 0 radical (unpaired) electrons. The number of carbonyl (C=O) groups is 2. The molecule has 10 nitrogen and oxygen atoms in total. The van der Waals surface area contributed by atoms with E-state index in [4.69, 9.17) is 65.4 Å². The lowest BCUT2D eigenvalue weighted by atomic mass is 10.1. The van der Waals surface area contributed by atoms with Gasteiger partial charge in [0.2, 0.25) is 5.89 Å². The Morgan fingerprint density at radius 2 is 1.35 bits per heavy atom. The van der Waals surface area contributed by atoms with Crippen molar-refractivity contribution in [3.63, 3.8) is 0 Å². The van der Waals surface area contributed by atoms with Crippen LogP contribution in [0.1, 0.15) is 35.2 Å². The molecule has 0 aliphatic rings. The number of carboxylic acids is 2. The number of nitrogens with zero attached hydrogens (tertiary/aromatic N) is 1. The van der Waals surface area contributed by atoms with Crippen LogP contribution in [0.4, 0.5) is 0 Å². The summed E-state index contributed by atoms with van der Waals surface area (Å²) < 4.78 is 17.0. The van der Waals surface area contributed by atoms with Crippen molar-refractivity contribution in [2.45, 2.75) is 37.9 Å². The fraction of sp³-hybridized carbons (Fsp3) is 0.276. The Morgan fingerprint density at radius 1 is 0.814 bits per heavy atom. The van der Waals surface area contributed by atoms with Gasteiger partial charge in [-0.05, 0) is 54.4 Å². The van der Waals surface area contributed by atoms with E-state index in [2.05, 4.69) is 4.98 Å². The van der Waals surface area contributed by atoms with Crippen LogP contribution in [0, 0.1) is 0 Å². The Bertz CT molecular complexity index is 1600. The van der Waals surface area contributed by atoms with Gasteiger partial charge in [-0.15, -0.1) is 0 Å². The van der Waals surface area contributed by atoms with Crippen molar-refractivity contribution < 1.29 is 43.9 Å². The van der Waals surface area contributed by atoms with E-state index in [0.29, 0.717) is 16.6 Å². The number of aryl methyl sites for hydroxylation is 1. The summed E-state index contributed by atoms with van der Waals surface area (Å²) in [7, 11) is 0. The third-order valence-corrected chi connectivity index (χ3v) is 7.45. The summed E-state index contributed by atoms with van der Waals surface area (Å²) >= 11 is 25.2. The van der Waals surface area contributed by atoms with Crippen LogP contribution in [0.15, 0.2) is 46.9 Å². The second-order valence-corrected chi connectivity index (χ2v) is 11.1. The lowest BCUT2D eigenvalue weighted by Gasteiger charge is -2.19. The zero-order chi connectivity index (χ0) is 31.3. The van der Waals surface area contributed by atoms with Crippen molar-refractivity contribution in [2.75, 3.05) is 13.2 Å². The van der Waals surface area contributed by atoms with Gasteiger partial charge in [0.05, 0.1) is 51.1 Å². The zero-order valence-electron chi connectivity index (χ0n) is 22.2. The smallest absolute Gasteiger partial charge is 0.335 e. The van der Waals surface area contributed by atoms with Crippen LogP contribution in [0.3, 0.4) is 0 Å². The van der Waals surface area contributed by atoms with Gasteiger partial charge in [0.25, 0.3) is 0 Å². The number of fused-ring (bicyclic) bond motifs is 1. The van der Waals surface area contributed by atoms with Gasteiger partial charge < -0.3 is 34.3 Å². The summed E-state index contributed by atoms with van der Waals surface area (Å²) in [4.78, 5) is 26.3. The molecule has 0 amide bonds. The molecular formula is C29H25Cl4NO9. The van der Waals surface area contributed by atoms with Crippen molar-refractivity contribution in [3.05, 3.63) is 73.7 Å². The van der Waals surface area contributed by atoms with E-state index in [1.165, 1.54) is 30.3 Å². The molecule has 4 N–H and O–H groups in total. The molecule has 0 aliphatic heterocycles. The molecule has 0 aliphatic carbocycles. The number of aliphatic hydroxyl groups is 2. The van der Waals surface area contributed by atoms with Gasteiger partial charge in [-0.1, -0.05) is 46.4 Å². The number of aromatic carboxylic acids is 1. The van der Waals surface area contributed by atoms with Crippen molar-refractivity contribution in [2.24, 2.45) is 0 Å². The second-order valence-electron chi connectivity index (χ2n) is 9.47. The van der Waals surface area contributed by atoms with Crippen LogP contribution < -0.4 is 9.47 Å². The number of aromatic nitrogens is 1. The number of oxazole rings is 1. The SMILES string of the molecule is O=C(O)CCc1cc(Cl)c(OCC[C@@H](O)[C@H](O)CCOc2c(Cl)cc(-c3nc4ccc(C(=O)O)cc4o3)cc2Cl)c(Cl)c1. The van der Waals surface area contributed by atoms with Crippen molar-refractivity contribution in [1.29, 1.82) is 0 Å². The molecule has 4 rings (SSSR count). The first kappa shape index (κ1) is 32.7. The molecular weight excluding hydrogens is 648 g/mol. The van der Waals surface area contributed by atoms with Crippen LogP contribution >= 0.6 is 46.4 Å². The number of halogens is 4. The first-order valence-corrected chi connectivity index (χ1v) is 14.4. The van der Waals surface area contributed by atoms with E-state index in [-0.39, 0.29) is 87.5 Å². The zero-order valence-corrected chi connectivity index (χ0v) is 25.3. The standard InChI is InChI=1S/C29H25Cl4NO9/c30-17-9-14(1-4-25(37)38)10-18(31)26(17)41-7-5-22(35)23(36)6-8-42-27-19(32)11-16(12-20(27)33)28-34-21-3-2-15(29(39)40)13-24(21)43-28/h2-3,9-13,22-23,35-36H,1,4-8H2,(H,37,38)(H,39,40)/t22-,23-/m1/s1. The van der Waals surface area contributed by atoms with E-state index in [1.54, 1.807) is 12.1 Å². The lowest BCUT2D eigenvalue weighted by molar-refractivity contribution is -0.136. The van der Waals surface area contributed by atoms with Crippen molar-refractivity contribution >= 4 is 69.4 Å². The van der Waals surface area contributed by atoms with Crippen LogP contribution in [-0.4, -0.2) is 62.8 Å². The minimum atomic E-state index is -1.15. The highest BCUT2D eigenvalue weighted by atomic mass is 35.5. The monoisotopic (exact) mass is 671 g/mol. The van der Waals surface area contributed by atoms with Gasteiger partial charge in [0, 0.05) is 24.8 Å².